The summed E-state index contributed by atoms with van der Waals surface area (Å²) in [6.07, 6.45) is 0. The topological polar surface area (TPSA) is 113 Å². The van der Waals surface area contributed by atoms with Crippen molar-refractivity contribution in [2.24, 2.45) is 0 Å². The molecule has 0 saturated carbocycles. The minimum absolute atomic E-state index is 0.0244. The molecule has 0 aliphatic carbocycles. The molecule has 0 atom stereocenters. The van der Waals surface area contributed by atoms with Crippen LogP contribution in [-0.2, 0) is 10.0 Å². The van der Waals surface area contributed by atoms with Gasteiger partial charge in [-0.3, -0.25) is 0 Å². The van der Waals surface area contributed by atoms with Crippen molar-refractivity contribution in [1.29, 1.82) is 0 Å². The number of rotatable bonds is 6. The lowest BCUT2D eigenvalue weighted by Crippen LogP contribution is -2.28. The molecule has 0 radical (unpaired) electrons. The summed E-state index contributed by atoms with van der Waals surface area (Å²) in [5.41, 5.74) is 5.24. The average molecular weight is 305 g/mol. The van der Waals surface area contributed by atoms with Gasteiger partial charge in [0.25, 0.3) is 0 Å². The SMILES string of the molecule is CN(C)S(=O)(=O)CCNc1cc(F)c(C(=O)O)cc1N. The molecule has 0 aromatic heterocycles. The Morgan fingerprint density at radius 2 is 2.05 bits per heavy atom. The number of hydrogen-bond donors (Lipinski definition) is 3. The molecule has 1 aromatic carbocycles. The molecular weight excluding hydrogens is 289 g/mol. The second-order valence-corrected chi connectivity index (χ2v) is 6.55. The number of nitrogens with one attached hydrogen (secondary N) is 1. The second kappa shape index (κ2) is 6.06. The summed E-state index contributed by atoms with van der Waals surface area (Å²) in [6, 6.07) is 1.92. The van der Waals surface area contributed by atoms with E-state index >= 15 is 0 Å². The highest BCUT2D eigenvalue weighted by Gasteiger charge is 2.15. The van der Waals surface area contributed by atoms with E-state index in [1.807, 2.05) is 0 Å². The third-order valence-corrected chi connectivity index (χ3v) is 4.43. The van der Waals surface area contributed by atoms with E-state index in [4.69, 9.17) is 10.8 Å². The van der Waals surface area contributed by atoms with Crippen molar-refractivity contribution in [3.05, 3.63) is 23.5 Å². The van der Waals surface area contributed by atoms with Crippen LogP contribution in [0.4, 0.5) is 15.8 Å². The number of halogens is 1. The fourth-order valence-electron chi connectivity index (χ4n) is 1.40. The molecule has 20 heavy (non-hydrogen) atoms. The zero-order chi connectivity index (χ0) is 15.5. The average Bonchev–Trinajstić information content (AvgIpc) is 2.32. The molecule has 0 bridgehead atoms. The maximum atomic E-state index is 13.5. The standard InChI is InChI=1S/C11H16FN3O4S/c1-15(2)20(18,19)4-3-14-10-6-8(12)7(11(16)17)5-9(10)13/h5-6,14H,3-4,13H2,1-2H3,(H,16,17). The monoisotopic (exact) mass is 305 g/mol. The molecule has 0 spiro atoms. The summed E-state index contributed by atoms with van der Waals surface area (Å²) >= 11 is 0. The van der Waals surface area contributed by atoms with Gasteiger partial charge < -0.3 is 16.2 Å². The van der Waals surface area contributed by atoms with Crippen LogP contribution >= 0.6 is 0 Å². The molecule has 4 N–H and O–H groups in total. The lowest BCUT2D eigenvalue weighted by Gasteiger charge is -2.13. The summed E-state index contributed by atoms with van der Waals surface area (Å²) in [7, 11) is -0.555. The summed E-state index contributed by atoms with van der Waals surface area (Å²) < 4.78 is 37.6. The molecule has 0 aliphatic rings. The Hall–Kier alpha value is -1.87. The van der Waals surface area contributed by atoms with Crippen LogP contribution in [0.1, 0.15) is 10.4 Å². The van der Waals surface area contributed by atoms with Gasteiger partial charge in [-0.15, -0.1) is 0 Å². The Bertz CT molecular complexity index is 616. The van der Waals surface area contributed by atoms with Crippen molar-refractivity contribution < 1.29 is 22.7 Å². The van der Waals surface area contributed by atoms with Gasteiger partial charge >= 0.3 is 5.97 Å². The van der Waals surface area contributed by atoms with Crippen molar-refractivity contribution in [2.75, 3.05) is 37.4 Å². The number of aromatic carboxylic acids is 1. The lowest BCUT2D eigenvalue weighted by molar-refractivity contribution is 0.0692. The number of hydrogen-bond acceptors (Lipinski definition) is 5. The van der Waals surface area contributed by atoms with Gasteiger partial charge in [-0.25, -0.2) is 21.9 Å². The van der Waals surface area contributed by atoms with Gasteiger partial charge in [-0.1, -0.05) is 0 Å². The molecule has 1 aromatic rings. The summed E-state index contributed by atoms with van der Waals surface area (Å²) in [6.45, 7) is 0.0244. The van der Waals surface area contributed by atoms with Crippen LogP contribution in [0.3, 0.4) is 0 Å². The van der Waals surface area contributed by atoms with Crippen molar-refractivity contribution >= 4 is 27.4 Å². The first kappa shape index (κ1) is 16.2. The van der Waals surface area contributed by atoms with Crippen LogP contribution in [0.25, 0.3) is 0 Å². The number of nitrogens with two attached hydrogens (primary N) is 1. The largest absolute Gasteiger partial charge is 0.478 e. The molecule has 0 heterocycles. The van der Waals surface area contributed by atoms with Gasteiger partial charge in [0.1, 0.15) is 5.82 Å². The Balaban J connectivity index is 2.80. The van der Waals surface area contributed by atoms with Gasteiger partial charge in [0.05, 0.1) is 22.7 Å². The summed E-state index contributed by atoms with van der Waals surface area (Å²) in [5.74, 6) is -2.55. The molecule has 112 valence electrons. The van der Waals surface area contributed by atoms with Gasteiger partial charge in [0, 0.05) is 20.6 Å². The molecule has 1 rings (SSSR count). The minimum atomic E-state index is -3.37. The highest BCUT2D eigenvalue weighted by atomic mass is 32.2. The van der Waals surface area contributed by atoms with Crippen molar-refractivity contribution in [2.45, 2.75) is 0 Å². The van der Waals surface area contributed by atoms with Gasteiger partial charge in [0.2, 0.25) is 10.0 Å². The third kappa shape index (κ3) is 3.81. The highest BCUT2D eigenvalue weighted by Crippen LogP contribution is 2.23. The number of nitrogens with zero attached hydrogens (tertiary/aromatic N) is 1. The Morgan fingerprint density at radius 3 is 2.55 bits per heavy atom. The van der Waals surface area contributed by atoms with Gasteiger partial charge in [-0.05, 0) is 12.1 Å². The van der Waals surface area contributed by atoms with E-state index in [0.717, 1.165) is 16.4 Å². The van der Waals surface area contributed by atoms with E-state index in [1.165, 1.54) is 14.1 Å². The van der Waals surface area contributed by atoms with Crippen molar-refractivity contribution in [1.82, 2.24) is 4.31 Å². The third-order valence-electron chi connectivity index (χ3n) is 2.60. The smallest absolute Gasteiger partial charge is 0.338 e. The Kier molecular flexibility index (Phi) is 4.90. The van der Waals surface area contributed by atoms with E-state index in [0.29, 0.717) is 0 Å². The first-order chi connectivity index (χ1) is 9.15. The molecule has 0 fully saturated rings. The van der Waals surface area contributed by atoms with E-state index in [9.17, 15) is 17.6 Å². The van der Waals surface area contributed by atoms with Gasteiger partial charge in [0.15, 0.2) is 0 Å². The van der Waals surface area contributed by atoms with Gasteiger partial charge in [-0.2, -0.15) is 0 Å². The normalized spacial score (nSPS) is 11.6. The van der Waals surface area contributed by atoms with Crippen LogP contribution in [-0.4, -0.2) is 50.2 Å². The van der Waals surface area contributed by atoms with Crippen molar-refractivity contribution in [3.8, 4) is 0 Å². The fourth-order valence-corrected chi connectivity index (χ4v) is 2.13. The zero-order valence-electron chi connectivity index (χ0n) is 11.1. The zero-order valence-corrected chi connectivity index (χ0v) is 11.9. The minimum Gasteiger partial charge on any atom is -0.478 e. The predicted molar refractivity (Wildman–Crippen MR) is 73.7 cm³/mol. The molecule has 0 amide bonds. The number of carboxylic acids is 1. The Labute approximate surface area is 116 Å². The fraction of sp³-hybridized carbons (Fsp3) is 0.364. The lowest BCUT2D eigenvalue weighted by atomic mass is 10.1. The van der Waals surface area contributed by atoms with Crippen LogP contribution in [0, 0.1) is 5.82 Å². The quantitative estimate of drug-likeness (QED) is 0.656. The molecule has 0 saturated heterocycles. The van der Waals surface area contributed by atoms with E-state index in [-0.39, 0.29) is 23.7 Å². The Morgan fingerprint density at radius 1 is 1.45 bits per heavy atom. The van der Waals surface area contributed by atoms with Crippen molar-refractivity contribution in [3.63, 3.8) is 0 Å². The van der Waals surface area contributed by atoms with Crippen LogP contribution in [0.5, 0.6) is 0 Å². The number of sulfonamides is 1. The van der Waals surface area contributed by atoms with Crippen LogP contribution in [0.15, 0.2) is 12.1 Å². The number of carboxylic acid groups (broad SMARTS) is 1. The number of benzene rings is 1. The molecular formula is C11H16FN3O4S. The molecule has 9 heteroatoms. The maximum absolute atomic E-state index is 13.5. The second-order valence-electron chi connectivity index (χ2n) is 4.25. The number of nitrogen functional groups attached to an aromatic ring is 1. The van der Waals surface area contributed by atoms with Crippen LogP contribution in [0.2, 0.25) is 0 Å². The summed E-state index contributed by atoms with van der Waals surface area (Å²) in [4.78, 5) is 10.7. The van der Waals surface area contributed by atoms with E-state index in [1.54, 1.807) is 0 Å². The highest BCUT2D eigenvalue weighted by molar-refractivity contribution is 7.89. The van der Waals surface area contributed by atoms with E-state index < -0.39 is 27.4 Å². The van der Waals surface area contributed by atoms with Crippen LogP contribution < -0.4 is 11.1 Å². The molecule has 0 unspecified atom stereocenters. The number of anilines is 2. The first-order valence-electron chi connectivity index (χ1n) is 5.61. The number of carbonyl (C=O) groups is 1. The molecule has 7 nitrogen and oxygen atoms in total. The predicted octanol–water partition coefficient (Wildman–Crippen LogP) is 0.409. The first-order valence-corrected chi connectivity index (χ1v) is 7.22. The summed E-state index contributed by atoms with van der Waals surface area (Å²) in [5, 5.41) is 11.4. The van der Waals surface area contributed by atoms with E-state index in [2.05, 4.69) is 5.32 Å². The maximum Gasteiger partial charge on any atom is 0.338 e. The molecule has 0 aliphatic heterocycles.